The molecule has 1 saturated carbocycles. The van der Waals surface area contributed by atoms with Gasteiger partial charge in [0.2, 0.25) is 0 Å². The minimum atomic E-state index is -1.66. The van der Waals surface area contributed by atoms with Crippen LogP contribution in [-0.2, 0) is 45.0 Å². The second kappa shape index (κ2) is 16.2. The monoisotopic (exact) mass is 763 g/mol. The molecular formula is C45H49NO10. The molecule has 56 heavy (non-hydrogen) atoms. The first-order valence-electron chi connectivity index (χ1n) is 19.4. The minimum Gasteiger partial charge on any atom is -0.508 e. The molecule has 6 N–H and O–H groups in total. The topological polar surface area (TPSA) is 183 Å². The minimum absolute atomic E-state index is 0.0462. The number of rotatable bonds is 5. The van der Waals surface area contributed by atoms with Crippen molar-refractivity contribution in [3.05, 3.63) is 99.6 Å². The summed E-state index contributed by atoms with van der Waals surface area (Å²) in [5.41, 5.74) is 2.92. The third kappa shape index (κ3) is 8.69. The largest absolute Gasteiger partial charge is 0.508 e. The lowest BCUT2D eigenvalue weighted by atomic mass is 9.68. The molecule has 3 aromatic carbocycles. The molecule has 3 heterocycles. The van der Waals surface area contributed by atoms with Gasteiger partial charge in [-0.15, -0.1) is 0 Å². The smallest absolute Gasteiger partial charge is 0.334 e. The number of carbonyl (C=O) groups excluding carboxylic acids is 3. The van der Waals surface area contributed by atoms with Gasteiger partial charge in [-0.05, 0) is 97.5 Å². The maximum atomic E-state index is 14.6. The molecule has 3 aromatic rings. The van der Waals surface area contributed by atoms with E-state index in [2.05, 4.69) is 17.2 Å². The van der Waals surface area contributed by atoms with E-state index in [0.717, 1.165) is 11.1 Å². The van der Waals surface area contributed by atoms with E-state index >= 15 is 0 Å². The van der Waals surface area contributed by atoms with Crippen molar-refractivity contribution in [1.29, 1.82) is 0 Å². The molecule has 0 spiro atoms. The molecule has 8 atom stereocenters. The number of ether oxygens (including phenoxy) is 2. The van der Waals surface area contributed by atoms with Crippen LogP contribution >= 0.6 is 0 Å². The molecule has 3 aliphatic heterocycles. The van der Waals surface area contributed by atoms with Crippen molar-refractivity contribution in [3.63, 3.8) is 0 Å². The highest BCUT2D eigenvalue weighted by molar-refractivity contribution is 5.89. The van der Waals surface area contributed by atoms with Gasteiger partial charge in [0.05, 0.1) is 31.2 Å². The van der Waals surface area contributed by atoms with Crippen LogP contribution in [0.2, 0.25) is 0 Å². The van der Waals surface area contributed by atoms with Crippen molar-refractivity contribution >= 4 is 23.4 Å². The maximum Gasteiger partial charge on any atom is 0.334 e. The summed E-state index contributed by atoms with van der Waals surface area (Å²) >= 11 is 0. The molecule has 1 fully saturated rings. The lowest BCUT2D eigenvalue weighted by Crippen LogP contribution is -2.52. The van der Waals surface area contributed by atoms with E-state index in [1.807, 2.05) is 30.3 Å². The van der Waals surface area contributed by atoms with E-state index in [9.17, 15) is 39.9 Å². The van der Waals surface area contributed by atoms with Gasteiger partial charge < -0.3 is 40.3 Å². The van der Waals surface area contributed by atoms with Gasteiger partial charge in [-0.3, -0.25) is 9.59 Å². The third-order valence-electron chi connectivity index (χ3n) is 11.7. The van der Waals surface area contributed by atoms with Crippen LogP contribution < -0.4 is 10.1 Å². The number of ketones is 1. The second-order valence-corrected chi connectivity index (χ2v) is 16.1. The molecule has 0 amide bonds. The summed E-state index contributed by atoms with van der Waals surface area (Å²) in [4.78, 5) is 40.8. The van der Waals surface area contributed by atoms with Crippen LogP contribution in [0.3, 0.4) is 0 Å². The number of benzene rings is 3. The number of aliphatic hydroxyl groups excluding tert-OH is 3. The normalized spacial score (nSPS) is 29.2. The van der Waals surface area contributed by atoms with Gasteiger partial charge in [0, 0.05) is 60.5 Å². The Labute approximate surface area is 326 Å². The maximum absolute atomic E-state index is 14.6. The van der Waals surface area contributed by atoms with Gasteiger partial charge in [-0.1, -0.05) is 42.2 Å². The molecular weight excluding hydrogens is 714 g/mol. The molecule has 0 radical (unpaired) electrons. The number of nitrogens with one attached hydrogen (secondary N) is 1. The highest BCUT2D eigenvalue weighted by Gasteiger charge is 2.46. The molecule has 8 bridgehead atoms. The fourth-order valence-electron chi connectivity index (χ4n) is 8.58. The molecule has 11 nitrogen and oxygen atoms in total. The number of fused-ring (bicyclic) bond motifs is 8. The van der Waals surface area contributed by atoms with E-state index in [0.29, 0.717) is 47.2 Å². The SMILES string of the molecule is C[C@H](O)CNc1cc(CO)cc([C@@H]2C#C[C@H]3CC(=O)Oc4cc(O)c(cc43)C[C@H]3OC(=O)/C(=C\[C@H](O)Cc4cccc(c4)C[C@@H]4C[C@H](CCC4=O)[C@]3(C)O)C2)c1. The lowest BCUT2D eigenvalue weighted by molar-refractivity contribution is -0.170. The van der Waals surface area contributed by atoms with E-state index in [4.69, 9.17) is 9.47 Å². The van der Waals surface area contributed by atoms with Gasteiger partial charge >= 0.3 is 11.9 Å². The van der Waals surface area contributed by atoms with Gasteiger partial charge in [-0.25, -0.2) is 4.79 Å². The number of hydrogen-bond acceptors (Lipinski definition) is 11. The Hall–Kier alpha value is -4.99. The summed E-state index contributed by atoms with van der Waals surface area (Å²) in [6.45, 7) is 3.21. The fraction of sp³-hybridized carbons (Fsp3) is 0.444. The average Bonchev–Trinajstić information content (AvgIpc) is 3.16. The number of phenolic OH excluding ortho intramolecular Hbond substituents is 1. The van der Waals surface area contributed by atoms with Crippen LogP contribution in [-0.4, -0.2) is 73.7 Å². The van der Waals surface area contributed by atoms with Crippen molar-refractivity contribution in [1.82, 2.24) is 0 Å². The summed E-state index contributed by atoms with van der Waals surface area (Å²) in [7, 11) is 0. The lowest BCUT2D eigenvalue weighted by Gasteiger charge is -2.42. The van der Waals surface area contributed by atoms with Gasteiger partial charge in [0.15, 0.2) is 0 Å². The second-order valence-electron chi connectivity index (χ2n) is 16.1. The quantitative estimate of drug-likeness (QED) is 0.122. The molecule has 0 unspecified atom stereocenters. The zero-order valence-corrected chi connectivity index (χ0v) is 31.7. The Morgan fingerprint density at radius 1 is 0.964 bits per heavy atom. The predicted molar refractivity (Wildman–Crippen MR) is 207 cm³/mol. The summed E-state index contributed by atoms with van der Waals surface area (Å²) in [5, 5.41) is 58.8. The van der Waals surface area contributed by atoms with E-state index in [1.54, 1.807) is 32.0 Å². The van der Waals surface area contributed by atoms with Crippen LogP contribution in [0.15, 0.2) is 66.2 Å². The molecule has 1 aliphatic carbocycles. The number of aliphatic hydroxyl groups is 4. The number of phenols is 1. The van der Waals surface area contributed by atoms with Crippen LogP contribution in [0.1, 0.15) is 91.2 Å². The summed E-state index contributed by atoms with van der Waals surface area (Å²) in [6.07, 6.45) is -0.0981. The van der Waals surface area contributed by atoms with E-state index in [1.165, 1.54) is 12.1 Å². The number of anilines is 1. The predicted octanol–water partition coefficient (Wildman–Crippen LogP) is 4.54. The first-order valence-corrected chi connectivity index (χ1v) is 19.4. The first-order chi connectivity index (χ1) is 26.7. The Kier molecular flexibility index (Phi) is 11.4. The van der Waals surface area contributed by atoms with Crippen LogP contribution in [0, 0.1) is 23.7 Å². The summed E-state index contributed by atoms with van der Waals surface area (Å²) < 4.78 is 11.9. The van der Waals surface area contributed by atoms with E-state index < -0.39 is 53.6 Å². The van der Waals surface area contributed by atoms with Gasteiger partial charge in [-0.2, -0.15) is 0 Å². The Balaban J connectivity index is 1.41. The number of Topliss-reactive ketones (excluding diaryl/α,β-unsaturated/α-hetero) is 1. The Morgan fingerprint density at radius 3 is 2.50 bits per heavy atom. The molecule has 11 heteroatoms. The number of esters is 2. The highest BCUT2D eigenvalue weighted by atomic mass is 16.6. The molecule has 0 aromatic heterocycles. The number of carbonyl (C=O) groups is 3. The van der Waals surface area contributed by atoms with Crippen LogP contribution in [0.25, 0.3) is 0 Å². The molecule has 0 saturated heterocycles. The number of hydrogen-bond donors (Lipinski definition) is 6. The van der Waals surface area contributed by atoms with Crippen molar-refractivity contribution in [3.8, 4) is 23.3 Å². The summed E-state index contributed by atoms with van der Waals surface area (Å²) in [6, 6.07) is 16.1. The van der Waals surface area contributed by atoms with Crippen molar-refractivity contribution < 1.29 is 49.4 Å². The molecule has 4 aliphatic rings. The first kappa shape index (κ1) is 39.3. The standard InChI is InChI=1S/C45H49NO10/c1-25(48)23-46-36-13-28(24-47)12-31(17-36)29-6-7-30-21-43(52)55-41-22-40(51)33(19-38(30)41)20-42-45(2,54)35-8-9-39(50)32(16-35)11-26-4-3-5-27(10-26)14-37(49)18-34(15-29)44(53)56-42/h3-5,10,12-13,17-19,22,25,29-30,32,35,37,42,46-49,51,54H,8-9,11,14-16,20-21,23-24H2,1-2H3/b34-18-/t25-,29+,30-,32+,35-,37+,42+,45-/m0/s1. The number of aromatic hydroxyl groups is 1. The van der Waals surface area contributed by atoms with Crippen molar-refractivity contribution in [2.24, 2.45) is 11.8 Å². The average molecular weight is 764 g/mol. The fourth-order valence-corrected chi connectivity index (χ4v) is 8.58. The zero-order chi connectivity index (χ0) is 39.7. The van der Waals surface area contributed by atoms with Crippen LogP contribution in [0.5, 0.6) is 11.5 Å². The van der Waals surface area contributed by atoms with Crippen molar-refractivity contribution in [2.75, 3.05) is 11.9 Å². The van der Waals surface area contributed by atoms with Gasteiger partial charge in [0.1, 0.15) is 29.0 Å². The highest BCUT2D eigenvalue weighted by Crippen LogP contribution is 2.43. The van der Waals surface area contributed by atoms with E-state index in [-0.39, 0.29) is 74.0 Å². The molecule has 294 valence electrons. The third-order valence-corrected chi connectivity index (χ3v) is 11.7. The summed E-state index contributed by atoms with van der Waals surface area (Å²) in [5.74, 6) is 3.16. The molecule has 7 rings (SSSR count). The Bertz CT molecular complexity index is 2110. The van der Waals surface area contributed by atoms with Gasteiger partial charge in [0.25, 0.3) is 0 Å². The van der Waals surface area contributed by atoms with Crippen molar-refractivity contribution in [2.45, 2.75) is 108 Å². The zero-order valence-electron chi connectivity index (χ0n) is 31.7. The Morgan fingerprint density at radius 2 is 1.73 bits per heavy atom. The van der Waals surface area contributed by atoms with Crippen LogP contribution in [0.4, 0.5) is 5.69 Å².